The van der Waals surface area contributed by atoms with Crippen molar-refractivity contribution in [1.29, 1.82) is 0 Å². The summed E-state index contributed by atoms with van der Waals surface area (Å²) in [5, 5.41) is 0.640. The van der Waals surface area contributed by atoms with Crippen molar-refractivity contribution in [3.63, 3.8) is 0 Å². The number of hydrogen-bond donors (Lipinski definition) is 0. The zero-order valence-electron chi connectivity index (χ0n) is 18.9. The van der Waals surface area contributed by atoms with E-state index in [1.54, 1.807) is 49.7 Å². The minimum Gasteiger partial charge on any atom is -0.493 e. The molecule has 0 unspecified atom stereocenters. The molecule has 0 saturated carbocycles. The highest BCUT2D eigenvalue weighted by Gasteiger charge is 2.22. The predicted molar refractivity (Wildman–Crippen MR) is 139 cm³/mol. The van der Waals surface area contributed by atoms with Gasteiger partial charge in [-0.25, -0.2) is 4.98 Å². The largest absolute Gasteiger partial charge is 0.493 e. The summed E-state index contributed by atoms with van der Waals surface area (Å²) in [5.41, 5.74) is 2.51. The second-order valence-corrected chi connectivity index (χ2v) is 9.92. The van der Waals surface area contributed by atoms with E-state index in [-0.39, 0.29) is 11.7 Å². The van der Waals surface area contributed by atoms with Gasteiger partial charge in [-0.15, -0.1) is 11.3 Å². The van der Waals surface area contributed by atoms with E-state index in [0.717, 1.165) is 20.1 Å². The molecule has 0 spiro atoms. The van der Waals surface area contributed by atoms with Gasteiger partial charge in [-0.2, -0.15) is 0 Å². The average Bonchev–Trinajstić information content (AvgIpc) is 3.29. The van der Waals surface area contributed by atoms with Crippen LogP contribution in [-0.4, -0.2) is 38.0 Å². The van der Waals surface area contributed by atoms with Crippen LogP contribution in [0.15, 0.2) is 65.0 Å². The number of para-hydroxylation sites is 1. The van der Waals surface area contributed by atoms with E-state index >= 15 is 0 Å². The maximum atomic E-state index is 13.5. The summed E-state index contributed by atoms with van der Waals surface area (Å²) in [4.78, 5) is 19.8. The van der Waals surface area contributed by atoms with Gasteiger partial charge in [0.25, 0.3) is 0 Å². The number of halogens is 1. The molecule has 0 aliphatic rings. The molecule has 34 heavy (non-hydrogen) atoms. The molecule has 3 aromatic carbocycles. The Balaban J connectivity index is 1.64. The summed E-state index contributed by atoms with van der Waals surface area (Å²) in [7, 11) is 4.65. The number of ether oxygens (including phenoxy) is 3. The number of hydrogen-bond acceptors (Lipinski definition) is 7. The lowest BCUT2D eigenvalue weighted by atomic mass is 10.1. The predicted octanol–water partition coefficient (Wildman–Crippen LogP) is 6.30. The lowest BCUT2D eigenvalue weighted by molar-refractivity contribution is -0.116. The van der Waals surface area contributed by atoms with Crippen molar-refractivity contribution < 1.29 is 19.0 Å². The standard InChI is InChI=1S/C25H23ClN2O4S2/c1-30-20-12-18(13-21(31-2)24(20)32-3)28(14-16-8-10-17(26)11-9-16)23(29)15-33-25-27-19-6-4-5-7-22(19)34-25/h4-13H,14-15H2,1-3H3. The second-order valence-electron chi connectivity index (χ2n) is 7.23. The molecule has 0 saturated heterocycles. The molecule has 0 fully saturated rings. The minimum absolute atomic E-state index is 0.0755. The third-order valence-electron chi connectivity index (χ3n) is 5.11. The van der Waals surface area contributed by atoms with E-state index < -0.39 is 0 Å². The van der Waals surface area contributed by atoms with Crippen LogP contribution in [0.2, 0.25) is 5.02 Å². The summed E-state index contributed by atoms with van der Waals surface area (Å²) < 4.78 is 18.4. The van der Waals surface area contributed by atoms with Crippen LogP contribution in [0.3, 0.4) is 0 Å². The monoisotopic (exact) mass is 514 g/mol. The molecular formula is C25H23ClN2O4S2. The van der Waals surface area contributed by atoms with Gasteiger partial charge in [0.1, 0.15) is 0 Å². The first kappa shape index (κ1) is 24.2. The van der Waals surface area contributed by atoms with Crippen molar-refractivity contribution in [2.75, 3.05) is 32.0 Å². The Kier molecular flexibility index (Phi) is 7.82. The maximum absolute atomic E-state index is 13.5. The fourth-order valence-corrected chi connectivity index (χ4v) is 5.50. The molecule has 1 heterocycles. The van der Waals surface area contributed by atoms with Gasteiger partial charge < -0.3 is 19.1 Å². The Morgan fingerprint density at radius 1 is 1.00 bits per heavy atom. The zero-order valence-corrected chi connectivity index (χ0v) is 21.3. The van der Waals surface area contributed by atoms with Crippen LogP contribution in [0.1, 0.15) is 5.56 Å². The molecule has 0 bridgehead atoms. The molecule has 0 radical (unpaired) electrons. The molecular weight excluding hydrogens is 492 g/mol. The number of benzene rings is 3. The number of carbonyl (C=O) groups excluding carboxylic acids is 1. The number of carbonyl (C=O) groups is 1. The van der Waals surface area contributed by atoms with E-state index in [0.29, 0.717) is 34.5 Å². The topological polar surface area (TPSA) is 60.9 Å². The van der Waals surface area contributed by atoms with Crippen molar-refractivity contribution in [1.82, 2.24) is 4.98 Å². The molecule has 1 aromatic heterocycles. The SMILES string of the molecule is COc1cc(N(Cc2ccc(Cl)cc2)C(=O)CSc2nc3ccccc3s2)cc(OC)c1OC. The Morgan fingerprint density at radius 3 is 2.29 bits per heavy atom. The zero-order chi connectivity index (χ0) is 24.1. The van der Waals surface area contributed by atoms with Crippen LogP contribution in [-0.2, 0) is 11.3 Å². The molecule has 4 aromatic rings. The normalized spacial score (nSPS) is 10.8. The fourth-order valence-electron chi connectivity index (χ4n) is 3.43. The first-order valence-electron chi connectivity index (χ1n) is 10.4. The summed E-state index contributed by atoms with van der Waals surface area (Å²) in [6.45, 7) is 0.356. The van der Waals surface area contributed by atoms with Gasteiger partial charge in [0, 0.05) is 17.2 Å². The van der Waals surface area contributed by atoms with E-state index in [4.69, 9.17) is 25.8 Å². The fraction of sp³-hybridized carbons (Fsp3) is 0.200. The second kappa shape index (κ2) is 11.0. The molecule has 176 valence electrons. The van der Waals surface area contributed by atoms with E-state index in [1.165, 1.54) is 11.8 Å². The minimum atomic E-state index is -0.0755. The molecule has 1 amide bonds. The first-order valence-corrected chi connectivity index (χ1v) is 12.5. The summed E-state index contributed by atoms with van der Waals surface area (Å²) in [6, 6.07) is 18.9. The molecule has 4 rings (SSSR count). The van der Waals surface area contributed by atoms with Crippen molar-refractivity contribution in [3.8, 4) is 17.2 Å². The lowest BCUT2D eigenvalue weighted by Crippen LogP contribution is -2.32. The van der Waals surface area contributed by atoms with Crippen LogP contribution in [0.25, 0.3) is 10.2 Å². The maximum Gasteiger partial charge on any atom is 0.237 e. The van der Waals surface area contributed by atoms with E-state index in [1.807, 2.05) is 48.5 Å². The van der Waals surface area contributed by atoms with E-state index in [9.17, 15) is 4.79 Å². The number of thiazole rings is 1. The Bertz CT molecular complexity index is 1240. The number of aromatic nitrogens is 1. The quantitative estimate of drug-likeness (QED) is 0.244. The van der Waals surface area contributed by atoms with Crippen LogP contribution < -0.4 is 19.1 Å². The van der Waals surface area contributed by atoms with Crippen molar-refractivity contribution in [2.24, 2.45) is 0 Å². The van der Waals surface area contributed by atoms with Gasteiger partial charge in [0.05, 0.1) is 49.5 Å². The van der Waals surface area contributed by atoms with Crippen molar-refractivity contribution in [2.45, 2.75) is 10.9 Å². The Labute approximate surface area is 211 Å². The molecule has 0 aliphatic heterocycles. The average molecular weight is 515 g/mol. The van der Waals surface area contributed by atoms with Crippen molar-refractivity contribution in [3.05, 3.63) is 71.2 Å². The highest BCUT2D eigenvalue weighted by Crippen LogP contribution is 2.41. The van der Waals surface area contributed by atoms with Crippen molar-refractivity contribution >= 4 is 56.5 Å². The number of fused-ring (bicyclic) bond motifs is 1. The summed E-state index contributed by atoms with van der Waals surface area (Å²) in [5.74, 6) is 1.57. The van der Waals surface area contributed by atoms with Gasteiger partial charge in [-0.05, 0) is 29.8 Å². The number of nitrogens with zero attached hydrogens (tertiary/aromatic N) is 2. The third kappa shape index (κ3) is 5.41. The van der Waals surface area contributed by atoms with Gasteiger partial charge in [0.15, 0.2) is 15.8 Å². The Morgan fingerprint density at radius 2 is 1.68 bits per heavy atom. The van der Waals surface area contributed by atoms with Crippen LogP contribution in [0.4, 0.5) is 5.69 Å². The molecule has 0 N–H and O–H groups in total. The smallest absolute Gasteiger partial charge is 0.237 e. The number of thioether (sulfide) groups is 1. The molecule has 6 nitrogen and oxygen atoms in total. The Hall–Kier alpha value is -2.94. The van der Waals surface area contributed by atoms with Crippen LogP contribution in [0, 0.1) is 0 Å². The van der Waals surface area contributed by atoms with Gasteiger partial charge in [0.2, 0.25) is 11.7 Å². The molecule has 0 aliphatic carbocycles. The highest BCUT2D eigenvalue weighted by atomic mass is 35.5. The van der Waals surface area contributed by atoms with E-state index in [2.05, 4.69) is 4.98 Å². The number of anilines is 1. The number of methoxy groups -OCH3 is 3. The van der Waals surface area contributed by atoms with Gasteiger partial charge in [-0.1, -0.05) is 47.6 Å². The highest BCUT2D eigenvalue weighted by molar-refractivity contribution is 8.01. The summed E-state index contributed by atoms with van der Waals surface area (Å²) >= 11 is 9.06. The molecule has 0 atom stereocenters. The molecule has 9 heteroatoms. The van der Waals surface area contributed by atoms with Gasteiger partial charge in [-0.3, -0.25) is 4.79 Å². The van der Waals surface area contributed by atoms with Crippen LogP contribution >= 0.6 is 34.7 Å². The lowest BCUT2D eigenvalue weighted by Gasteiger charge is -2.25. The number of rotatable bonds is 9. The van der Waals surface area contributed by atoms with Crippen LogP contribution in [0.5, 0.6) is 17.2 Å². The third-order valence-corrected chi connectivity index (χ3v) is 7.53. The van der Waals surface area contributed by atoms with Gasteiger partial charge >= 0.3 is 0 Å². The first-order chi connectivity index (χ1) is 16.5. The summed E-state index contributed by atoms with van der Waals surface area (Å²) in [6.07, 6.45) is 0. The number of amides is 1.